The number of anilines is 2. The van der Waals surface area contributed by atoms with Crippen molar-refractivity contribution >= 4 is 46.1 Å². The number of fused-ring (bicyclic) bond motifs is 1. The lowest BCUT2D eigenvalue weighted by Gasteiger charge is -2.35. The van der Waals surface area contributed by atoms with Gasteiger partial charge in [0.2, 0.25) is 11.8 Å². The van der Waals surface area contributed by atoms with Gasteiger partial charge >= 0.3 is 6.01 Å². The van der Waals surface area contributed by atoms with Crippen molar-refractivity contribution < 1.29 is 18.7 Å². The third-order valence-corrected chi connectivity index (χ3v) is 7.49. The Bertz CT molecular complexity index is 1460. The number of pyridine rings is 1. The maximum atomic E-state index is 14.5. The number of hydrogen-bond acceptors (Lipinski definition) is 10. The summed E-state index contributed by atoms with van der Waals surface area (Å²) in [6.07, 6.45) is 4.79. The summed E-state index contributed by atoms with van der Waals surface area (Å²) in [5.41, 5.74) is 6.36. The first-order chi connectivity index (χ1) is 19.3. The predicted octanol–water partition coefficient (Wildman–Crippen LogP) is 3.35. The van der Waals surface area contributed by atoms with Crippen molar-refractivity contribution in [2.75, 3.05) is 63.6 Å². The number of nitrogen functional groups attached to an aromatic ring is 1. The van der Waals surface area contributed by atoms with E-state index in [1.165, 1.54) is 12.3 Å². The second-order valence-corrected chi connectivity index (χ2v) is 10.2. The number of nitrogens with two attached hydrogens (primary N) is 1. The van der Waals surface area contributed by atoms with E-state index in [-0.39, 0.29) is 39.8 Å². The zero-order valence-electron chi connectivity index (χ0n) is 22.1. The lowest BCUT2D eigenvalue weighted by Crippen LogP contribution is -2.48. The summed E-state index contributed by atoms with van der Waals surface area (Å²) in [6.45, 7) is 7.99. The van der Waals surface area contributed by atoms with Crippen molar-refractivity contribution in [2.24, 2.45) is 5.92 Å². The van der Waals surface area contributed by atoms with E-state index in [9.17, 15) is 9.18 Å². The maximum Gasteiger partial charge on any atom is 0.319 e. The Labute approximate surface area is 235 Å². The molecule has 0 bridgehead atoms. The third-order valence-electron chi connectivity index (χ3n) is 7.13. The second-order valence-electron chi connectivity index (χ2n) is 9.84. The van der Waals surface area contributed by atoms with E-state index in [1.54, 1.807) is 11.0 Å². The molecule has 2 aliphatic heterocycles. The van der Waals surface area contributed by atoms with Crippen LogP contribution in [0.3, 0.4) is 0 Å². The molecule has 2 saturated heterocycles. The Morgan fingerprint density at radius 2 is 2.08 bits per heavy atom. The fraction of sp³-hybridized carbons (Fsp3) is 0.370. The van der Waals surface area contributed by atoms with Gasteiger partial charge in [0, 0.05) is 56.7 Å². The molecular weight excluding hydrogens is 539 g/mol. The Morgan fingerprint density at radius 1 is 1.30 bits per heavy atom. The number of rotatable bonds is 8. The lowest BCUT2D eigenvalue weighted by molar-refractivity contribution is -0.126. The summed E-state index contributed by atoms with van der Waals surface area (Å²) in [7, 11) is 2.07. The molecule has 3 aromatic rings. The van der Waals surface area contributed by atoms with E-state index in [4.69, 9.17) is 37.2 Å². The highest BCUT2D eigenvalue weighted by Gasteiger charge is 2.26. The number of piperazine rings is 1. The number of hydrogen-bond donors (Lipinski definition) is 2. The number of carbonyl (C=O) groups excluding carboxylic acids is 1. The molecule has 3 N–H and O–H groups in total. The van der Waals surface area contributed by atoms with Crippen molar-refractivity contribution in [3.05, 3.63) is 47.4 Å². The van der Waals surface area contributed by atoms with Crippen LogP contribution in [0, 0.1) is 17.1 Å². The molecule has 210 valence electrons. The van der Waals surface area contributed by atoms with Gasteiger partial charge in [0.15, 0.2) is 5.75 Å². The van der Waals surface area contributed by atoms with Crippen LogP contribution in [0.5, 0.6) is 17.6 Å². The molecule has 40 heavy (non-hydrogen) atoms. The molecule has 2 fully saturated rings. The maximum absolute atomic E-state index is 14.5. The van der Waals surface area contributed by atoms with Gasteiger partial charge in [-0.25, -0.2) is 9.37 Å². The fourth-order valence-electron chi connectivity index (χ4n) is 4.98. The molecule has 13 heteroatoms. The number of likely N-dealkylation sites (tertiary alicyclic amines) is 1. The van der Waals surface area contributed by atoms with Crippen LogP contribution in [0.1, 0.15) is 12.0 Å². The van der Waals surface area contributed by atoms with E-state index in [0.717, 1.165) is 31.8 Å². The predicted molar refractivity (Wildman–Crippen MR) is 151 cm³/mol. The van der Waals surface area contributed by atoms with Gasteiger partial charge in [-0.1, -0.05) is 18.2 Å². The van der Waals surface area contributed by atoms with Crippen LogP contribution < -0.4 is 20.1 Å². The smallest absolute Gasteiger partial charge is 0.319 e. The quantitative estimate of drug-likeness (QED) is 0.238. The highest BCUT2D eigenvalue weighted by molar-refractivity contribution is 6.33. The van der Waals surface area contributed by atoms with Crippen molar-refractivity contribution in [3.8, 4) is 17.6 Å². The van der Waals surface area contributed by atoms with Gasteiger partial charge in [0.05, 0.1) is 17.6 Å². The van der Waals surface area contributed by atoms with Gasteiger partial charge in [-0.2, -0.15) is 9.97 Å². The third kappa shape index (κ3) is 5.50. The highest BCUT2D eigenvalue weighted by Crippen LogP contribution is 2.40. The minimum absolute atomic E-state index is 0.0000484. The number of nitrogens with one attached hydrogen (secondary N) is 1. The van der Waals surface area contributed by atoms with Gasteiger partial charge in [-0.15, -0.1) is 0 Å². The standard InChI is InChI=1S/C27H30ClFN8O3/c1-3-21(38)36-8-10-37(11-9-36)25-17-4-6-32-26(40-24-18(13-30)20(31)12-19(29)22(24)28)23(17)33-27(34-25)39-15-16-5-7-35(2)14-16/h3-4,6,12-13,16,30H,1,5,7-11,14-15,31H2,2H3/t16-/m0/s1. The molecular formula is C27H30ClFN8O3. The molecule has 1 atom stereocenters. The zero-order valence-corrected chi connectivity index (χ0v) is 22.8. The van der Waals surface area contributed by atoms with Crippen LogP contribution >= 0.6 is 11.6 Å². The first-order valence-corrected chi connectivity index (χ1v) is 13.3. The average Bonchev–Trinajstić information content (AvgIpc) is 3.39. The Kier molecular flexibility index (Phi) is 7.99. The second kappa shape index (κ2) is 11.6. The van der Waals surface area contributed by atoms with Crippen LogP contribution in [0.4, 0.5) is 15.9 Å². The van der Waals surface area contributed by atoms with Crippen molar-refractivity contribution in [3.63, 3.8) is 0 Å². The van der Waals surface area contributed by atoms with Gasteiger partial charge in [-0.3, -0.25) is 4.79 Å². The summed E-state index contributed by atoms with van der Waals surface area (Å²) in [4.78, 5) is 31.9. The summed E-state index contributed by atoms with van der Waals surface area (Å²) in [5, 5.41) is 8.05. The minimum atomic E-state index is -0.784. The van der Waals surface area contributed by atoms with Gasteiger partial charge < -0.3 is 35.3 Å². The fourth-order valence-corrected chi connectivity index (χ4v) is 5.17. The number of nitrogens with zero attached hydrogens (tertiary/aromatic N) is 6. The number of aromatic nitrogens is 3. The summed E-state index contributed by atoms with van der Waals surface area (Å²) in [6, 6.07) is 2.94. The molecule has 0 saturated carbocycles. The zero-order chi connectivity index (χ0) is 28.4. The van der Waals surface area contributed by atoms with Crippen LogP contribution in [0.15, 0.2) is 31.0 Å². The molecule has 0 aliphatic carbocycles. The molecule has 4 heterocycles. The number of ether oxygens (including phenoxy) is 2. The van der Waals surface area contributed by atoms with Gasteiger partial charge in [-0.05, 0) is 38.2 Å². The van der Waals surface area contributed by atoms with Gasteiger partial charge in [0.1, 0.15) is 22.2 Å². The largest absolute Gasteiger partial charge is 0.463 e. The van der Waals surface area contributed by atoms with Crippen molar-refractivity contribution in [1.82, 2.24) is 24.8 Å². The molecule has 2 aliphatic rings. The van der Waals surface area contributed by atoms with E-state index in [1.807, 2.05) is 4.90 Å². The number of halogens is 2. The molecule has 11 nitrogen and oxygen atoms in total. The van der Waals surface area contributed by atoms with Crippen LogP contribution in [-0.4, -0.2) is 89.8 Å². The summed E-state index contributed by atoms with van der Waals surface area (Å²) >= 11 is 6.22. The minimum Gasteiger partial charge on any atom is -0.463 e. The molecule has 0 unspecified atom stereocenters. The lowest BCUT2D eigenvalue weighted by atomic mass is 10.1. The normalized spacial score (nSPS) is 17.7. The Morgan fingerprint density at radius 3 is 2.75 bits per heavy atom. The number of benzene rings is 1. The van der Waals surface area contributed by atoms with Crippen LogP contribution in [-0.2, 0) is 4.79 Å². The van der Waals surface area contributed by atoms with Crippen molar-refractivity contribution in [1.29, 1.82) is 5.41 Å². The topological polar surface area (TPSA) is 134 Å². The molecule has 0 spiro atoms. The first kappa shape index (κ1) is 27.5. The summed E-state index contributed by atoms with van der Waals surface area (Å²) in [5.74, 6) is -0.0724. The number of carbonyl (C=O) groups is 1. The van der Waals surface area contributed by atoms with Crippen molar-refractivity contribution in [2.45, 2.75) is 6.42 Å². The SMILES string of the molecule is C=CC(=O)N1CCN(c2nc(OC[C@H]3CCN(C)C3)nc3c(Oc4c(Cl)c(F)cc(N)c4C=N)nccc23)CC1. The monoisotopic (exact) mass is 568 g/mol. The molecule has 0 radical (unpaired) electrons. The van der Waals surface area contributed by atoms with Crippen LogP contribution in [0.25, 0.3) is 10.9 Å². The summed E-state index contributed by atoms with van der Waals surface area (Å²) < 4.78 is 26.6. The highest BCUT2D eigenvalue weighted by atomic mass is 35.5. The molecule has 5 rings (SSSR count). The Hall–Kier alpha value is -4.03. The first-order valence-electron chi connectivity index (χ1n) is 12.9. The van der Waals surface area contributed by atoms with E-state index >= 15 is 0 Å². The average molecular weight is 569 g/mol. The van der Waals surface area contributed by atoms with E-state index in [0.29, 0.717) is 55.4 Å². The molecule has 1 aromatic carbocycles. The molecule has 1 amide bonds. The van der Waals surface area contributed by atoms with Gasteiger partial charge in [0.25, 0.3) is 0 Å². The Balaban J connectivity index is 1.55. The van der Waals surface area contributed by atoms with E-state index in [2.05, 4.69) is 28.5 Å². The number of amides is 1. The van der Waals surface area contributed by atoms with Crippen LogP contribution in [0.2, 0.25) is 5.02 Å². The molecule has 2 aromatic heterocycles. The van der Waals surface area contributed by atoms with E-state index < -0.39 is 5.82 Å².